The summed E-state index contributed by atoms with van der Waals surface area (Å²) in [4.78, 5) is 11.2. The van der Waals surface area contributed by atoms with Crippen LogP contribution in [0, 0.1) is 11.3 Å². The van der Waals surface area contributed by atoms with Crippen LogP contribution in [0.15, 0.2) is 16.6 Å². The zero-order valence-electron chi connectivity index (χ0n) is 7.72. The first kappa shape index (κ1) is 11.8. The molecule has 78 valence electrons. The number of nitrogens with zero attached hydrogens (tertiary/aromatic N) is 1. The summed E-state index contributed by atoms with van der Waals surface area (Å²) in [5.74, 6) is -0.539. The molecule has 0 aromatic heterocycles. The summed E-state index contributed by atoms with van der Waals surface area (Å²) in [7, 11) is 0. The van der Waals surface area contributed by atoms with Gasteiger partial charge in [0.25, 0.3) is 6.43 Å². The lowest BCUT2D eigenvalue weighted by Crippen LogP contribution is -2.04. The van der Waals surface area contributed by atoms with E-state index in [2.05, 4.69) is 15.9 Å². The van der Waals surface area contributed by atoms with Gasteiger partial charge in [-0.3, -0.25) is 4.79 Å². The second-order valence-electron chi connectivity index (χ2n) is 2.85. The van der Waals surface area contributed by atoms with Crippen molar-refractivity contribution in [2.75, 3.05) is 0 Å². The van der Waals surface area contributed by atoms with Crippen LogP contribution in [0.5, 0.6) is 0 Å². The van der Waals surface area contributed by atoms with Crippen LogP contribution in [0.25, 0.3) is 0 Å². The Morgan fingerprint density at radius 3 is 2.53 bits per heavy atom. The summed E-state index contributed by atoms with van der Waals surface area (Å²) in [6.07, 6.45) is -2.79. The predicted molar refractivity (Wildman–Crippen MR) is 53.8 cm³/mol. The lowest BCUT2D eigenvalue weighted by Gasteiger charge is -2.09. The number of hydrogen-bond donors (Lipinski definition) is 0. The van der Waals surface area contributed by atoms with Crippen molar-refractivity contribution in [2.24, 2.45) is 0 Å². The van der Waals surface area contributed by atoms with Crippen LogP contribution in [0.1, 0.15) is 34.8 Å². The van der Waals surface area contributed by atoms with Crippen LogP contribution in [0.2, 0.25) is 0 Å². The molecule has 0 aliphatic rings. The SMILES string of the molecule is CC(=O)c1c(C#N)ccc(Br)c1C(F)F. The number of Topliss-reactive ketones (excluding diaryl/α,β-unsaturated/α-hetero) is 1. The molecule has 0 radical (unpaired) electrons. The van der Waals surface area contributed by atoms with Crippen molar-refractivity contribution in [3.63, 3.8) is 0 Å². The number of hydrogen-bond acceptors (Lipinski definition) is 2. The van der Waals surface area contributed by atoms with E-state index in [1.807, 2.05) is 0 Å². The number of halogens is 3. The molecule has 0 atom stereocenters. The second-order valence-corrected chi connectivity index (χ2v) is 3.71. The molecule has 0 aliphatic heterocycles. The maximum atomic E-state index is 12.7. The zero-order chi connectivity index (χ0) is 11.6. The standard InChI is InChI=1S/C10H6BrF2NO/c1-5(15)8-6(4-14)2-3-7(11)9(8)10(12)13/h2-3,10H,1H3. The van der Waals surface area contributed by atoms with Gasteiger partial charge in [0.1, 0.15) is 0 Å². The molecule has 0 unspecified atom stereocenters. The minimum Gasteiger partial charge on any atom is -0.294 e. The van der Waals surface area contributed by atoms with Crippen molar-refractivity contribution in [1.82, 2.24) is 0 Å². The van der Waals surface area contributed by atoms with Gasteiger partial charge in [0.15, 0.2) is 5.78 Å². The van der Waals surface area contributed by atoms with E-state index in [1.165, 1.54) is 12.1 Å². The van der Waals surface area contributed by atoms with Crippen molar-refractivity contribution in [3.8, 4) is 6.07 Å². The quantitative estimate of drug-likeness (QED) is 0.775. The van der Waals surface area contributed by atoms with E-state index in [0.29, 0.717) is 0 Å². The average Bonchev–Trinajstić information content (AvgIpc) is 2.16. The fourth-order valence-electron chi connectivity index (χ4n) is 1.28. The Balaban J connectivity index is 3.60. The predicted octanol–water partition coefficient (Wildman–Crippen LogP) is 3.46. The number of carbonyl (C=O) groups excluding carboxylic acids is 1. The molecule has 1 rings (SSSR count). The van der Waals surface area contributed by atoms with Crippen LogP contribution in [-0.4, -0.2) is 5.78 Å². The Hall–Kier alpha value is -1.28. The highest BCUT2D eigenvalue weighted by Gasteiger charge is 2.22. The molecule has 0 saturated carbocycles. The minimum absolute atomic E-state index is 0.0269. The Morgan fingerprint density at radius 1 is 1.53 bits per heavy atom. The highest BCUT2D eigenvalue weighted by Crippen LogP contribution is 2.32. The highest BCUT2D eigenvalue weighted by molar-refractivity contribution is 9.10. The number of nitriles is 1. The zero-order valence-corrected chi connectivity index (χ0v) is 9.31. The summed E-state index contributed by atoms with van der Waals surface area (Å²) in [6.45, 7) is 1.16. The first-order valence-electron chi connectivity index (χ1n) is 4.00. The van der Waals surface area contributed by atoms with Crippen LogP contribution in [0.3, 0.4) is 0 Å². The van der Waals surface area contributed by atoms with E-state index in [9.17, 15) is 13.6 Å². The summed E-state index contributed by atoms with van der Waals surface area (Å²) < 4.78 is 25.5. The number of ketones is 1. The average molecular weight is 274 g/mol. The topological polar surface area (TPSA) is 40.9 Å². The molecule has 15 heavy (non-hydrogen) atoms. The van der Waals surface area contributed by atoms with Gasteiger partial charge in [-0.05, 0) is 19.1 Å². The number of rotatable bonds is 2. The van der Waals surface area contributed by atoms with Gasteiger partial charge < -0.3 is 0 Å². The Kier molecular flexibility index (Phi) is 3.53. The fourth-order valence-corrected chi connectivity index (χ4v) is 1.78. The molecule has 2 nitrogen and oxygen atoms in total. The molecule has 0 saturated heterocycles. The van der Waals surface area contributed by atoms with Gasteiger partial charge in [0, 0.05) is 15.6 Å². The number of benzene rings is 1. The number of alkyl halides is 2. The molecule has 0 N–H and O–H groups in total. The lowest BCUT2D eigenvalue weighted by atomic mass is 9.99. The van der Waals surface area contributed by atoms with Gasteiger partial charge in [-0.1, -0.05) is 15.9 Å². The Labute approximate surface area is 93.6 Å². The van der Waals surface area contributed by atoms with Gasteiger partial charge in [0.2, 0.25) is 0 Å². The van der Waals surface area contributed by atoms with E-state index in [1.54, 1.807) is 6.07 Å². The van der Waals surface area contributed by atoms with E-state index in [0.717, 1.165) is 6.92 Å². The summed E-state index contributed by atoms with van der Waals surface area (Å²) in [6, 6.07) is 4.40. The normalized spacial score (nSPS) is 10.1. The molecule has 1 aromatic carbocycles. The van der Waals surface area contributed by atoms with Crippen molar-refractivity contribution >= 4 is 21.7 Å². The highest BCUT2D eigenvalue weighted by atomic mass is 79.9. The second kappa shape index (κ2) is 4.49. The van der Waals surface area contributed by atoms with E-state index in [-0.39, 0.29) is 15.6 Å². The van der Waals surface area contributed by atoms with Gasteiger partial charge >= 0.3 is 0 Å². The molecule has 0 heterocycles. The van der Waals surface area contributed by atoms with Crippen LogP contribution in [0.4, 0.5) is 8.78 Å². The van der Waals surface area contributed by atoms with Crippen molar-refractivity contribution in [3.05, 3.63) is 33.3 Å². The third-order valence-corrected chi connectivity index (χ3v) is 2.57. The maximum absolute atomic E-state index is 12.7. The minimum atomic E-state index is -2.79. The van der Waals surface area contributed by atoms with Crippen LogP contribution < -0.4 is 0 Å². The molecule has 0 aliphatic carbocycles. The van der Waals surface area contributed by atoms with Crippen molar-refractivity contribution in [2.45, 2.75) is 13.3 Å². The third-order valence-electron chi connectivity index (χ3n) is 1.88. The first-order chi connectivity index (χ1) is 6.99. The molecular weight excluding hydrogens is 268 g/mol. The monoisotopic (exact) mass is 273 g/mol. The molecule has 0 bridgehead atoms. The molecule has 5 heteroatoms. The van der Waals surface area contributed by atoms with Gasteiger partial charge in [-0.25, -0.2) is 8.78 Å². The largest absolute Gasteiger partial charge is 0.294 e. The number of carbonyl (C=O) groups is 1. The third kappa shape index (κ3) is 2.21. The van der Waals surface area contributed by atoms with E-state index >= 15 is 0 Å². The van der Waals surface area contributed by atoms with Gasteiger partial charge in [-0.2, -0.15) is 5.26 Å². The molecule has 0 fully saturated rings. The Bertz CT molecular complexity index is 451. The maximum Gasteiger partial charge on any atom is 0.265 e. The van der Waals surface area contributed by atoms with Crippen molar-refractivity contribution in [1.29, 1.82) is 5.26 Å². The lowest BCUT2D eigenvalue weighted by molar-refractivity contribution is 0.0998. The molecule has 0 amide bonds. The smallest absolute Gasteiger partial charge is 0.265 e. The van der Waals surface area contributed by atoms with Gasteiger partial charge in [0.05, 0.1) is 11.6 Å². The summed E-state index contributed by atoms with van der Waals surface area (Å²) in [5, 5.41) is 8.70. The van der Waals surface area contributed by atoms with E-state index in [4.69, 9.17) is 5.26 Å². The molecule has 0 spiro atoms. The molecular formula is C10H6BrF2NO. The van der Waals surface area contributed by atoms with Gasteiger partial charge in [-0.15, -0.1) is 0 Å². The Morgan fingerprint density at radius 2 is 2.13 bits per heavy atom. The summed E-state index contributed by atoms with van der Waals surface area (Å²) in [5.41, 5.74) is -0.649. The molecule has 1 aromatic rings. The summed E-state index contributed by atoms with van der Waals surface area (Å²) >= 11 is 2.94. The van der Waals surface area contributed by atoms with Crippen molar-refractivity contribution < 1.29 is 13.6 Å². The first-order valence-corrected chi connectivity index (χ1v) is 4.80. The van der Waals surface area contributed by atoms with Crippen LogP contribution in [-0.2, 0) is 0 Å². The van der Waals surface area contributed by atoms with E-state index < -0.39 is 17.8 Å². The van der Waals surface area contributed by atoms with Crippen LogP contribution >= 0.6 is 15.9 Å². The fraction of sp³-hybridized carbons (Fsp3) is 0.200.